The largest absolute Gasteiger partial charge is 0.490 e. The van der Waals surface area contributed by atoms with Crippen LogP contribution >= 0.6 is 0 Å². The summed E-state index contributed by atoms with van der Waals surface area (Å²) in [7, 11) is 1.36. The summed E-state index contributed by atoms with van der Waals surface area (Å²) >= 11 is 0. The molecule has 1 aliphatic heterocycles. The van der Waals surface area contributed by atoms with Gasteiger partial charge in [-0.05, 0) is 32.4 Å². The predicted octanol–water partition coefficient (Wildman–Crippen LogP) is 1.80. The van der Waals surface area contributed by atoms with Gasteiger partial charge in [0.1, 0.15) is 11.9 Å². The van der Waals surface area contributed by atoms with Crippen molar-refractivity contribution in [2.24, 2.45) is 0 Å². The number of allylic oxidation sites excluding steroid dienone is 1. The Hall–Kier alpha value is -1.25. The maximum atomic E-state index is 11.2. The highest BCUT2D eigenvalue weighted by atomic mass is 16.5. The fourth-order valence-electron chi connectivity index (χ4n) is 1.18. The zero-order chi connectivity index (χ0) is 10.0. The Morgan fingerprint density at radius 1 is 1.54 bits per heavy atom. The number of ether oxygens (including phenoxy) is 2. The van der Waals surface area contributed by atoms with Crippen molar-refractivity contribution in [2.75, 3.05) is 7.11 Å². The van der Waals surface area contributed by atoms with Crippen molar-refractivity contribution in [3.8, 4) is 0 Å². The third kappa shape index (κ3) is 1.91. The lowest BCUT2D eigenvalue weighted by Gasteiger charge is -2.22. The zero-order valence-corrected chi connectivity index (χ0v) is 8.38. The molecule has 13 heavy (non-hydrogen) atoms. The van der Waals surface area contributed by atoms with Gasteiger partial charge in [-0.15, -0.1) is 0 Å². The van der Waals surface area contributed by atoms with E-state index in [0.717, 1.165) is 5.57 Å². The molecule has 0 radical (unpaired) electrons. The second-order valence-corrected chi connectivity index (χ2v) is 3.11. The van der Waals surface area contributed by atoms with Gasteiger partial charge in [-0.2, -0.15) is 0 Å². The normalized spacial score (nSPS) is 22.2. The summed E-state index contributed by atoms with van der Waals surface area (Å²) in [5.74, 6) is 0.286. The van der Waals surface area contributed by atoms with E-state index < -0.39 is 0 Å². The smallest absolute Gasteiger partial charge is 0.341 e. The minimum Gasteiger partial charge on any atom is -0.490 e. The average molecular weight is 182 g/mol. The summed E-state index contributed by atoms with van der Waals surface area (Å²) in [6, 6.07) is 0. The highest BCUT2D eigenvalue weighted by Gasteiger charge is 2.20. The number of methoxy groups -OCH3 is 1. The lowest BCUT2D eigenvalue weighted by molar-refractivity contribution is -0.136. The van der Waals surface area contributed by atoms with E-state index in [-0.39, 0.29) is 12.1 Å². The lowest BCUT2D eigenvalue weighted by Crippen LogP contribution is -2.18. The quantitative estimate of drug-likeness (QED) is 0.580. The molecule has 0 amide bonds. The Kier molecular flexibility index (Phi) is 2.76. The molecule has 0 N–H and O–H groups in total. The second-order valence-electron chi connectivity index (χ2n) is 3.11. The molecule has 0 bridgehead atoms. The van der Waals surface area contributed by atoms with Crippen molar-refractivity contribution in [1.29, 1.82) is 0 Å². The van der Waals surface area contributed by atoms with Gasteiger partial charge in [0.05, 0.1) is 12.7 Å². The Morgan fingerprint density at radius 3 is 2.69 bits per heavy atom. The minimum absolute atomic E-state index is 0.0495. The van der Waals surface area contributed by atoms with Crippen molar-refractivity contribution in [2.45, 2.75) is 26.9 Å². The first-order valence-electron chi connectivity index (χ1n) is 4.20. The molecule has 3 nitrogen and oxygen atoms in total. The van der Waals surface area contributed by atoms with Gasteiger partial charge in [0.15, 0.2) is 0 Å². The van der Waals surface area contributed by atoms with Crippen LogP contribution in [-0.2, 0) is 14.3 Å². The molecule has 1 rings (SSSR count). The summed E-state index contributed by atoms with van der Waals surface area (Å²) in [5.41, 5.74) is 1.55. The van der Waals surface area contributed by atoms with Gasteiger partial charge in [-0.25, -0.2) is 4.79 Å². The van der Waals surface area contributed by atoms with Crippen molar-refractivity contribution >= 4 is 5.97 Å². The van der Waals surface area contributed by atoms with E-state index >= 15 is 0 Å². The van der Waals surface area contributed by atoms with Crippen molar-refractivity contribution in [3.63, 3.8) is 0 Å². The average Bonchev–Trinajstić information content (AvgIpc) is 2.10. The van der Waals surface area contributed by atoms with Crippen LogP contribution in [-0.4, -0.2) is 19.2 Å². The molecule has 1 heterocycles. The maximum Gasteiger partial charge on any atom is 0.341 e. The standard InChI is InChI=1S/C10H14O3/c1-6-5-9(10(11)12-4)8(3)13-7(6)2/h5,7H,1-4H3/t7-/m0/s1. The lowest BCUT2D eigenvalue weighted by atomic mass is 10.1. The van der Waals surface area contributed by atoms with E-state index in [9.17, 15) is 4.79 Å². The van der Waals surface area contributed by atoms with Crippen LogP contribution in [0.2, 0.25) is 0 Å². The molecule has 0 spiro atoms. The number of esters is 1. The van der Waals surface area contributed by atoms with E-state index in [4.69, 9.17) is 4.74 Å². The zero-order valence-electron chi connectivity index (χ0n) is 8.38. The Morgan fingerprint density at radius 2 is 2.15 bits per heavy atom. The number of rotatable bonds is 1. The van der Waals surface area contributed by atoms with Crippen LogP contribution in [0.5, 0.6) is 0 Å². The minimum atomic E-state index is -0.344. The van der Waals surface area contributed by atoms with Crippen LogP contribution in [0.3, 0.4) is 0 Å². The van der Waals surface area contributed by atoms with Gasteiger partial charge < -0.3 is 9.47 Å². The van der Waals surface area contributed by atoms with E-state index in [0.29, 0.717) is 11.3 Å². The van der Waals surface area contributed by atoms with Gasteiger partial charge in [0.2, 0.25) is 0 Å². The molecule has 3 heteroatoms. The van der Waals surface area contributed by atoms with E-state index in [1.807, 2.05) is 19.9 Å². The number of hydrogen-bond acceptors (Lipinski definition) is 3. The highest BCUT2D eigenvalue weighted by Crippen LogP contribution is 2.22. The monoisotopic (exact) mass is 182 g/mol. The Labute approximate surface area is 78.0 Å². The molecule has 0 saturated carbocycles. The molecule has 0 aromatic rings. The van der Waals surface area contributed by atoms with Gasteiger partial charge in [0.25, 0.3) is 0 Å². The predicted molar refractivity (Wildman–Crippen MR) is 49.0 cm³/mol. The number of carbonyl (C=O) groups is 1. The Balaban J connectivity index is 2.97. The molecule has 1 aliphatic rings. The summed E-state index contributed by atoms with van der Waals surface area (Å²) in [6.45, 7) is 5.65. The SMILES string of the molecule is COC(=O)C1=C(C)O[C@@H](C)C(C)=C1. The third-order valence-corrected chi connectivity index (χ3v) is 2.15. The summed E-state index contributed by atoms with van der Waals surface area (Å²) < 4.78 is 10.1. The van der Waals surface area contributed by atoms with E-state index in [1.54, 1.807) is 6.92 Å². The maximum absolute atomic E-state index is 11.2. The van der Waals surface area contributed by atoms with Crippen LogP contribution in [0, 0.1) is 0 Å². The van der Waals surface area contributed by atoms with E-state index in [1.165, 1.54) is 7.11 Å². The molecular formula is C10H14O3. The van der Waals surface area contributed by atoms with Gasteiger partial charge in [-0.1, -0.05) is 0 Å². The molecule has 0 aromatic heterocycles. The fraction of sp³-hybridized carbons (Fsp3) is 0.500. The highest BCUT2D eigenvalue weighted by molar-refractivity contribution is 5.92. The Bertz CT molecular complexity index is 287. The molecule has 0 aliphatic carbocycles. The van der Waals surface area contributed by atoms with Crippen LogP contribution in [0.4, 0.5) is 0 Å². The number of carbonyl (C=O) groups excluding carboxylic acids is 1. The molecular weight excluding hydrogens is 168 g/mol. The van der Waals surface area contributed by atoms with Gasteiger partial charge in [-0.3, -0.25) is 0 Å². The van der Waals surface area contributed by atoms with Crippen molar-refractivity contribution in [3.05, 3.63) is 23.0 Å². The second kappa shape index (κ2) is 3.64. The van der Waals surface area contributed by atoms with Crippen LogP contribution in [0.1, 0.15) is 20.8 Å². The first kappa shape index (κ1) is 9.84. The molecule has 1 atom stereocenters. The van der Waals surface area contributed by atoms with Crippen molar-refractivity contribution in [1.82, 2.24) is 0 Å². The topological polar surface area (TPSA) is 35.5 Å². The van der Waals surface area contributed by atoms with Gasteiger partial charge in [0, 0.05) is 0 Å². The van der Waals surface area contributed by atoms with Crippen LogP contribution < -0.4 is 0 Å². The molecule has 0 unspecified atom stereocenters. The number of hydrogen-bond donors (Lipinski definition) is 0. The van der Waals surface area contributed by atoms with E-state index in [2.05, 4.69) is 4.74 Å². The van der Waals surface area contributed by atoms with Gasteiger partial charge >= 0.3 is 5.97 Å². The molecule has 0 fully saturated rings. The van der Waals surface area contributed by atoms with Crippen molar-refractivity contribution < 1.29 is 14.3 Å². The molecule has 72 valence electrons. The van der Waals surface area contributed by atoms with Crippen LogP contribution in [0.25, 0.3) is 0 Å². The molecule has 0 saturated heterocycles. The van der Waals surface area contributed by atoms with Crippen LogP contribution in [0.15, 0.2) is 23.0 Å². The first-order valence-corrected chi connectivity index (χ1v) is 4.20. The third-order valence-electron chi connectivity index (χ3n) is 2.15. The molecule has 0 aromatic carbocycles. The summed E-state index contributed by atoms with van der Waals surface area (Å²) in [5, 5.41) is 0. The summed E-state index contributed by atoms with van der Waals surface area (Å²) in [6.07, 6.45) is 1.86. The summed E-state index contributed by atoms with van der Waals surface area (Å²) in [4.78, 5) is 11.2. The first-order chi connectivity index (χ1) is 6.06. The fourth-order valence-corrected chi connectivity index (χ4v) is 1.18.